The van der Waals surface area contributed by atoms with E-state index in [4.69, 9.17) is 0 Å². The smallest absolute Gasteiger partial charge is 0.160 e. The summed E-state index contributed by atoms with van der Waals surface area (Å²) in [7, 11) is 0. The van der Waals surface area contributed by atoms with Crippen LogP contribution in [0, 0.1) is 19.7 Å². The van der Waals surface area contributed by atoms with Crippen molar-refractivity contribution in [2.24, 2.45) is 0 Å². The van der Waals surface area contributed by atoms with E-state index in [0.29, 0.717) is 10.4 Å². The Balaban J connectivity index is 2.61. The molecule has 0 saturated carbocycles. The van der Waals surface area contributed by atoms with E-state index in [2.05, 4.69) is 0 Å². The van der Waals surface area contributed by atoms with E-state index >= 15 is 0 Å². The first-order chi connectivity index (χ1) is 7.61. The second-order valence-corrected chi connectivity index (χ2v) is 4.85. The second kappa shape index (κ2) is 4.18. The van der Waals surface area contributed by atoms with Crippen LogP contribution < -0.4 is 0 Å². The molecule has 16 heavy (non-hydrogen) atoms. The molecule has 0 spiro atoms. The van der Waals surface area contributed by atoms with Gasteiger partial charge in [-0.1, -0.05) is 11.6 Å². The Morgan fingerprint density at radius 1 is 1.25 bits per heavy atom. The zero-order chi connectivity index (χ0) is 11.7. The number of aldehydes is 1. The van der Waals surface area contributed by atoms with E-state index in [1.165, 1.54) is 17.4 Å². The van der Waals surface area contributed by atoms with Crippen molar-refractivity contribution in [1.82, 2.24) is 0 Å². The van der Waals surface area contributed by atoms with Crippen molar-refractivity contribution in [2.45, 2.75) is 13.8 Å². The van der Waals surface area contributed by atoms with Crippen LogP contribution in [0.15, 0.2) is 24.3 Å². The molecule has 1 heterocycles. The van der Waals surface area contributed by atoms with Gasteiger partial charge in [0.1, 0.15) is 5.82 Å². The minimum Gasteiger partial charge on any atom is -0.297 e. The van der Waals surface area contributed by atoms with Gasteiger partial charge in [-0.15, -0.1) is 11.3 Å². The molecule has 0 aliphatic rings. The van der Waals surface area contributed by atoms with Gasteiger partial charge >= 0.3 is 0 Å². The van der Waals surface area contributed by atoms with E-state index < -0.39 is 0 Å². The molecule has 0 fully saturated rings. The summed E-state index contributed by atoms with van der Waals surface area (Å²) in [5, 5.41) is 0. The molecule has 1 aromatic heterocycles. The number of halogens is 1. The lowest BCUT2D eigenvalue weighted by atomic mass is 10.1. The lowest BCUT2D eigenvalue weighted by Crippen LogP contribution is -1.84. The predicted octanol–water partition coefficient (Wildman–Crippen LogP) is 3.98. The maximum Gasteiger partial charge on any atom is 0.160 e. The molecule has 2 rings (SSSR count). The SMILES string of the molecule is Cc1ccc(F)c(-c2sc(C=O)cc2C)c1. The number of carbonyl (C=O) groups excluding carboxylic acids is 1. The summed E-state index contributed by atoms with van der Waals surface area (Å²) in [6.45, 7) is 3.81. The Bertz CT molecular complexity index is 543. The van der Waals surface area contributed by atoms with Crippen LogP contribution in [0.4, 0.5) is 4.39 Å². The predicted molar refractivity (Wildman–Crippen MR) is 64.6 cm³/mol. The largest absolute Gasteiger partial charge is 0.297 e. The number of aryl methyl sites for hydroxylation is 2. The van der Waals surface area contributed by atoms with E-state index in [1.54, 1.807) is 12.1 Å². The molecule has 0 atom stereocenters. The van der Waals surface area contributed by atoms with Gasteiger partial charge in [0.15, 0.2) is 6.29 Å². The maximum atomic E-state index is 13.7. The molecule has 0 bridgehead atoms. The summed E-state index contributed by atoms with van der Waals surface area (Å²) < 4.78 is 13.7. The molecule has 1 nitrogen and oxygen atoms in total. The number of benzene rings is 1. The summed E-state index contributed by atoms with van der Waals surface area (Å²) in [5.41, 5.74) is 2.53. The van der Waals surface area contributed by atoms with Gasteiger partial charge in [-0.05, 0) is 37.6 Å². The highest BCUT2D eigenvalue weighted by Gasteiger charge is 2.11. The summed E-state index contributed by atoms with van der Waals surface area (Å²) in [5.74, 6) is -0.243. The molecule has 1 aromatic carbocycles. The van der Waals surface area contributed by atoms with Crippen LogP contribution in [-0.4, -0.2) is 6.29 Å². The van der Waals surface area contributed by atoms with Gasteiger partial charge in [-0.2, -0.15) is 0 Å². The van der Waals surface area contributed by atoms with Crippen molar-refractivity contribution in [2.75, 3.05) is 0 Å². The molecule has 0 aliphatic carbocycles. The van der Waals surface area contributed by atoms with Crippen LogP contribution in [0.25, 0.3) is 10.4 Å². The second-order valence-electron chi connectivity index (χ2n) is 3.76. The van der Waals surface area contributed by atoms with Gasteiger partial charge in [-0.3, -0.25) is 4.79 Å². The van der Waals surface area contributed by atoms with Gasteiger partial charge in [0.25, 0.3) is 0 Å². The molecule has 3 heteroatoms. The van der Waals surface area contributed by atoms with Crippen LogP contribution in [0.3, 0.4) is 0 Å². The fraction of sp³-hybridized carbons (Fsp3) is 0.154. The highest BCUT2D eigenvalue weighted by molar-refractivity contribution is 7.17. The van der Waals surface area contributed by atoms with E-state index in [1.807, 2.05) is 19.9 Å². The molecule has 82 valence electrons. The van der Waals surface area contributed by atoms with Crippen molar-refractivity contribution in [1.29, 1.82) is 0 Å². The third-order valence-corrected chi connectivity index (χ3v) is 3.62. The van der Waals surface area contributed by atoms with Crippen LogP contribution in [-0.2, 0) is 0 Å². The molecule has 0 radical (unpaired) electrons. The van der Waals surface area contributed by atoms with Gasteiger partial charge < -0.3 is 0 Å². The zero-order valence-corrected chi connectivity index (χ0v) is 9.90. The average molecular weight is 234 g/mol. The van der Waals surface area contributed by atoms with E-state index in [0.717, 1.165) is 22.3 Å². The zero-order valence-electron chi connectivity index (χ0n) is 9.08. The molecule has 0 unspecified atom stereocenters. The summed E-state index contributed by atoms with van der Waals surface area (Å²) in [6, 6.07) is 6.80. The first-order valence-corrected chi connectivity index (χ1v) is 5.75. The lowest BCUT2D eigenvalue weighted by Gasteiger charge is -2.03. The Labute approximate surface area is 97.6 Å². The first-order valence-electron chi connectivity index (χ1n) is 4.94. The van der Waals surface area contributed by atoms with E-state index in [-0.39, 0.29) is 5.82 Å². The molecular formula is C13H11FOS. The third kappa shape index (κ3) is 1.91. The van der Waals surface area contributed by atoms with Crippen molar-refractivity contribution in [3.05, 3.63) is 46.1 Å². The standard InChI is InChI=1S/C13H11FOS/c1-8-3-4-12(14)11(5-8)13-9(2)6-10(7-15)16-13/h3-7H,1-2H3. The minimum atomic E-state index is -0.243. The molecule has 0 aliphatic heterocycles. The quantitative estimate of drug-likeness (QED) is 0.718. The van der Waals surface area contributed by atoms with Gasteiger partial charge in [0.05, 0.1) is 4.88 Å². The van der Waals surface area contributed by atoms with Crippen LogP contribution in [0.5, 0.6) is 0 Å². The molecule has 2 aromatic rings. The van der Waals surface area contributed by atoms with Gasteiger partial charge in [-0.25, -0.2) is 4.39 Å². The number of carbonyl (C=O) groups is 1. The van der Waals surface area contributed by atoms with Gasteiger partial charge in [0.2, 0.25) is 0 Å². The number of rotatable bonds is 2. The van der Waals surface area contributed by atoms with Crippen molar-refractivity contribution >= 4 is 17.6 Å². The maximum absolute atomic E-state index is 13.7. The highest BCUT2D eigenvalue weighted by atomic mass is 32.1. The van der Waals surface area contributed by atoms with Crippen LogP contribution >= 0.6 is 11.3 Å². The summed E-state index contributed by atoms with van der Waals surface area (Å²) in [6.07, 6.45) is 0.800. The van der Waals surface area contributed by atoms with Crippen molar-refractivity contribution < 1.29 is 9.18 Å². The van der Waals surface area contributed by atoms with E-state index in [9.17, 15) is 9.18 Å². The van der Waals surface area contributed by atoms with Crippen molar-refractivity contribution in [3.63, 3.8) is 0 Å². The Kier molecular flexibility index (Phi) is 2.88. The van der Waals surface area contributed by atoms with Gasteiger partial charge in [0, 0.05) is 10.4 Å². The van der Waals surface area contributed by atoms with Crippen LogP contribution in [0.1, 0.15) is 20.8 Å². The molecule has 0 N–H and O–H groups in total. The fourth-order valence-corrected chi connectivity index (χ4v) is 2.65. The molecular weight excluding hydrogens is 223 g/mol. The molecule has 0 amide bonds. The topological polar surface area (TPSA) is 17.1 Å². The molecule has 0 saturated heterocycles. The summed E-state index contributed by atoms with van der Waals surface area (Å²) >= 11 is 1.33. The number of hydrogen-bond acceptors (Lipinski definition) is 2. The summed E-state index contributed by atoms with van der Waals surface area (Å²) in [4.78, 5) is 12.1. The normalized spacial score (nSPS) is 10.4. The Morgan fingerprint density at radius 2 is 2.00 bits per heavy atom. The highest BCUT2D eigenvalue weighted by Crippen LogP contribution is 2.33. The fourth-order valence-electron chi connectivity index (χ4n) is 1.65. The third-order valence-electron chi connectivity index (χ3n) is 2.42. The minimum absolute atomic E-state index is 0.243. The van der Waals surface area contributed by atoms with Crippen LogP contribution in [0.2, 0.25) is 0 Å². The monoisotopic (exact) mass is 234 g/mol. The number of thiophene rings is 1. The average Bonchev–Trinajstić information content (AvgIpc) is 2.63. The Hall–Kier alpha value is -1.48. The van der Waals surface area contributed by atoms with Crippen molar-refractivity contribution in [3.8, 4) is 10.4 Å². The lowest BCUT2D eigenvalue weighted by molar-refractivity contribution is 0.112. The Morgan fingerprint density at radius 3 is 2.62 bits per heavy atom. The first kappa shape index (κ1) is 11.0. The number of hydrogen-bond donors (Lipinski definition) is 0.